The number of H-pyrrole nitrogens is 1. The number of halogens is 2. The number of aromatic amines is 1. The van der Waals surface area contributed by atoms with Gasteiger partial charge in [-0.2, -0.15) is 0 Å². The summed E-state index contributed by atoms with van der Waals surface area (Å²) in [4.78, 5) is 11.9. The predicted octanol–water partition coefficient (Wildman–Crippen LogP) is 4.94. The Morgan fingerprint density at radius 3 is 2.68 bits per heavy atom. The highest BCUT2D eigenvalue weighted by Gasteiger charge is 2.08. The summed E-state index contributed by atoms with van der Waals surface area (Å²) in [7, 11) is 0. The first-order valence-corrected chi connectivity index (χ1v) is 8.95. The van der Waals surface area contributed by atoms with Crippen molar-refractivity contribution < 1.29 is 8.78 Å². The number of para-hydroxylation sites is 1. The fourth-order valence-electron chi connectivity index (χ4n) is 3.11. The smallest absolute Gasteiger partial charge is 0.149 e. The van der Waals surface area contributed by atoms with E-state index < -0.39 is 11.6 Å². The van der Waals surface area contributed by atoms with Crippen molar-refractivity contribution in [3.05, 3.63) is 77.8 Å². The molecule has 2 heterocycles. The minimum Gasteiger partial charge on any atom is -0.370 e. The van der Waals surface area contributed by atoms with Crippen LogP contribution in [0.1, 0.15) is 11.4 Å². The highest BCUT2D eigenvalue weighted by atomic mass is 19.1. The third kappa shape index (κ3) is 3.93. The topological polar surface area (TPSA) is 65.6 Å². The van der Waals surface area contributed by atoms with Crippen LogP contribution < -0.4 is 10.6 Å². The third-order valence-corrected chi connectivity index (χ3v) is 4.41. The number of anilines is 3. The van der Waals surface area contributed by atoms with Gasteiger partial charge in [0.1, 0.15) is 29.1 Å². The molecule has 0 radical (unpaired) electrons. The van der Waals surface area contributed by atoms with E-state index in [-0.39, 0.29) is 5.69 Å². The summed E-state index contributed by atoms with van der Waals surface area (Å²) in [6.45, 7) is 2.44. The SMILES string of the molecule is Cc1nc(NCCc2c[nH]c3ccccc23)cc(Nc2ccc(F)cc2F)n1. The molecule has 0 aliphatic carbocycles. The Morgan fingerprint density at radius 1 is 1.00 bits per heavy atom. The maximum Gasteiger partial charge on any atom is 0.149 e. The van der Waals surface area contributed by atoms with Gasteiger partial charge in [0.2, 0.25) is 0 Å². The first-order valence-electron chi connectivity index (χ1n) is 8.95. The lowest BCUT2D eigenvalue weighted by atomic mass is 10.1. The van der Waals surface area contributed by atoms with Crippen molar-refractivity contribution in [3.63, 3.8) is 0 Å². The van der Waals surface area contributed by atoms with Crippen LogP contribution >= 0.6 is 0 Å². The van der Waals surface area contributed by atoms with Gasteiger partial charge >= 0.3 is 0 Å². The van der Waals surface area contributed by atoms with Gasteiger partial charge < -0.3 is 15.6 Å². The van der Waals surface area contributed by atoms with Crippen LogP contribution in [0, 0.1) is 18.6 Å². The number of benzene rings is 2. The molecule has 0 unspecified atom stereocenters. The average molecular weight is 379 g/mol. The Bertz CT molecular complexity index is 1120. The van der Waals surface area contributed by atoms with Crippen LogP contribution in [0.2, 0.25) is 0 Å². The van der Waals surface area contributed by atoms with Gasteiger partial charge in [-0.15, -0.1) is 0 Å². The monoisotopic (exact) mass is 379 g/mol. The second-order valence-corrected chi connectivity index (χ2v) is 6.47. The second-order valence-electron chi connectivity index (χ2n) is 6.47. The largest absolute Gasteiger partial charge is 0.370 e. The van der Waals surface area contributed by atoms with Gasteiger partial charge in [0.05, 0.1) is 5.69 Å². The van der Waals surface area contributed by atoms with Gasteiger partial charge in [-0.1, -0.05) is 18.2 Å². The van der Waals surface area contributed by atoms with Crippen LogP contribution in [0.25, 0.3) is 10.9 Å². The zero-order chi connectivity index (χ0) is 19.5. The van der Waals surface area contributed by atoms with Crippen molar-refractivity contribution in [2.45, 2.75) is 13.3 Å². The minimum absolute atomic E-state index is 0.157. The number of nitrogens with one attached hydrogen (secondary N) is 3. The summed E-state index contributed by atoms with van der Waals surface area (Å²) >= 11 is 0. The standard InChI is InChI=1S/C21H19F2N5/c1-13-26-20(11-21(27-13)28-19-7-6-15(22)10-17(19)23)24-9-8-14-12-25-18-5-3-2-4-16(14)18/h2-7,10-12,25H,8-9H2,1H3,(H2,24,26,27,28). The Balaban J connectivity index is 1.45. The summed E-state index contributed by atoms with van der Waals surface area (Å²) in [6.07, 6.45) is 2.84. The number of aryl methyl sites for hydroxylation is 1. The Kier molecular flexibility index (Phi) is 4.89. The van der Waals surface area contributed by atoms with Crippen LogP contribution in [-0.4, -0.2) is 21.5 Å². The van der Waals surface area contributed by atoms with E-state index in [4.69, 9.17) is 0 Å². The Hall–Kier alpha value is -3.48. The molecule has 0 bridgehead atoms. The predicted molar refractivity (Wildman–Crippen MR) is 107 cm³/mol. The van der Waals surface area contributed by atoms with Crippen LogP contribution in [0.4, 0.5) is 26.1 Å². The maximum atomic E-state index is 13.9. The van der Waals surface area contributed by atoms with E-state index >= 15 is 0 Å². The van der Waals surface area contributed by atoms with Gasteiger partial charge in [-0.25, -0.2) is 18.7 Å². The average Bonchev–Trinajstić information content (AvgIpc) is 3.07. The zero-order valence-corrected chi connectivity index (χ0v) is 15.3. The van der Waals surface area contributed by atoms with Crippen molar-refractivity contribution >= 4 is 28.2 Å². The maximum absolute atomic E-state index is 13.9. The molecule has 0 amide bonds. The highest BCUT2D eigenvalue weighted by molar-refractivity contribution is 5.83. The molecule has 0 saturated carbocycles. The number of nitrogens with zero attached hydrogens (tertiary/aromatic N) is 2. The summed E-state index contributed by atoms with van der Waals surface area (Å²) < 4.78 is 26.9. The van der Waals surface area contributed by atoms with E-state index in [1.165, 1.54) is 23.1 Å². The zero-order valence-electron chi connectivity index (χ0n) is 15.3. The summed E-state index contributed by atoms with van der Waals surface area (Å²) in [5.41, 5.74) is 2.49. The first kappa shape index (κ1) is 17.9. The summed E-state index contributed by atoms with van der Waals surface area (Å²) in [5.74, 6) is 0.318. The molecule has 2 aromatic carbocycles. The van der Waals surface area contributed by atoms with Gasteiger partial charge in [0, 0.05) is 35.8 Å². The van der Waals surface area contributed by atoms with Crippen molar-refractivity contribution in [1.82, 2.24) is 15.0 Å². The molecule has 4 aromatic rings. The van der Waals surface area contributed by atoms with Crippen LogP contribution in [0.3, 0.4) is 0 Å². The molecule has 2 aromatic heterocycles. The van der Waals surface area contributed by atoms with E-state index in [0.717, 1.165) is 18.0 Å². The summed E-state index contributed by atoms with van der Waals surface area (Å²) in [5, 5.41) is 7.36. The number of rotatable bonds is 6. The molecular formula is C21H19F2N5. The number of hydrogen-bond acceptors (Lipinski definition) is 4. The molecule has 0 fully saturated rings. The number of hydrogen-bond donors (Lipinski definition) is 3. The van der Waals surface area contributed by atoms with E-state index in [9.17, 15) is 8.78 Å². The number of aromatic nitrogens is 3. The van der Waals surface area contributed by atoms with Crippen LogP contribution in [-0.2, 0) is 6.42 Å². The van der Waals surface area contributed by atoms with Crippen molar-refractivity contribution in [2.24, 2.45) is 0 Å². The van der Waals surface area contributed by atoms with E-state index in [1.807, 2.05) is 24.4 Å². The Labute approximate surface area is 160 Å². The highest BCUT2D eigenvalue weighted by Crippen LogP contribution is 2.22. The normalized spacial score (nSPS) is 11.0. The van der Waals surface area contributed by atoms with Gasteiger partial charge in [0.15, 0.2) is 0 Å². The molecule has 4 rings (SSSR count). The first-order chi connectivity index (χ1) is 13.6. The van der Waals surface area contributed by atoms with Crippen molar-refractivity contribution in [3.8, 4) is 0 Å². The Morgan fingerprint density at radius 2 is 1.82 bits per heavy atom. The molecule has 5 nitrogen and oxygen atoms in total. The van der Waals surface area contributed by atoms with Crippen molar-refractivity contribution in [2.75, 3.05) is 17.2 Å². The lowest BCUT2D eigenvalue weighted by Gasteiger charge is -2.11. The van der Waals surface area contributed by atoms with Crippen LogP contribution in [0.15, 0.2) is 54.7 Å². The van der Waals surface area contributed by atoms with Gasteiger partial charge in [-0.3, -0.25) is 0 Å². The van der Waals surface area contributed by atoms with Gasteiger partial charge in [-0.05, 0) is 37.1 Å². The van der Waals surface area contributed by atoms with Crippen LogP contribution in [0.5, 0.6) is 0 Å². The molecule has 0 aliphatic rings. The fraction of sp³-hybridized carbons (Fsp3) is 0.143. The molecule has 0 spiro atoms. The molecular weight excluding hydrogens is 360 g/mol. The van der Waals surface area contributed by atoms with E-state index in [2.05, 4.69) is 31.7 Å². The van der Waals surface area contributed by atoms with Gasteiger partial charge in [0.25, 0.3) is 0 Å². The third-order valence-electron chi connectivity index (χ3n) is 4.41. The minimum atomic E-state index is -0.676. The second kappa shape index (κ2) is 7.64. The lowest BCUT2D eigenvalue weighted by Crippen LogP contribution is -2.08. The molecule has 0 saturated heterocycles. The van der Waals surface area contributed by atoms with E-state index in [1.54, 1.807) is 13.0 Å². The molecule has 7 heteroatoms. The van der Waals surface area contributed by atoms with Crippen molar-refractivity contribution in [1.29, 1.82) is 0 Å². The molecule has 3 N–H and O–H groups in total. The lowest BCUT2D eigenvalue weighted by molar-refractivity contribution is 0.586. The molecule has 28 heavy (non-hydrogen) atoms. The number of fused-ring (bicyclic) bond motifs is 1. The molecule has 0 aliphatic heterocycles. The fourth-order valence-corrected chi connectivity index (χ4v) is 3.11. The van der Waals surface area contributed by atoms with E-state index in [0.29, 0.717) is 24.0 Å². The summed E-state index contributed by atoms with van der Waals surface area (Å²) in [6, 6.07) is 13.2. The molecule has 142 valence electrons. The quantitative estimate of drug-likeness (QED) is 0.444. The molecule has 0 atom stereocenters.